The molecule has 2 aliphatic heterocycles. The van der Waals surface area contributed by atoms with Crippen LogP contribution < -0.4 is 15.8 Å². The van der Waals surface area contributed by atoms with Gasteiger partial charge in [-0.3, -0.25) is 0 Å². The highest BCUT2D eigenvalue weighted by atomic mass is 32.1. The minimum atomic E-state index is -0.170. The second-order valence-corrected chi connectivity index (χ2v) is 21.3. The fraction of sp³-hybridized carbons (Fsp3) is 0.123. The highest BCUT2D eigenvalue weighted by Gasteiger charge is 2.47. The molecule has 0 amide bonds. The molecular formula is C57H41BN2S2. The third kappa shape index (κ3) is 4.40. The molecule has 0 saturated carbocycles. The first kappa shape index (κ1) is 35.2. The van der Waals surface area contributed by atoms with E-state index in [-0.39, 0.29) is 17.7 Å². The zero-order valence-corrected chi connectivity index (χ0v) is 36.9. The van der Waals surface area contributed by atoms with Gasteiger partial charge in [-0.25, -0.2) is 0 Å². The van der Waals surface area contributed by atoms with Gasteiger partial charge in [0, 0.05) is 58.7 Å². The molecule has 8 aromatic carbocycles. The SMILES string of the molecule is CC(C)(C)c1ccc(N2c3cc4c(cc3B3c5c(cc6c(sc7ccccc76)c52)-c2cccc5c6sc7ccccc7c6n3c25)-c2ccccc2C4(C)C)c(-c2ccccc2)c1. The lowest BCUT2D eigenvalue weighted by Crippen LogP contribution is -2.56. The molecule has 2 nitrogen and oxygen atoms in total. The molecule has 14 rings (SSSR count). The predicted molar refractivity (Wildman–Crippen MR) is 270 cm³/mol. The van der Waals surface area contributed by atoms with Crippen molar-refractivity contribution in [3.8, 4) is 33.4 Å². The molecule has 5 heterocycles. The number of anilines is 3. The van der Waals surface area contributed by atoms with Crippen molar-refractivity contribution < 1.29 is 0 Å². The van der Waals surface area contributed by atoms with Gasteiger partial charge < -0.3 is 9.38 Å². The lowest BCUT2D eigenvalue weighted by Gasteiger charge is -2.42. The van der Waals surface area contributed by atoms with Crippen LogP contribution in [0.25, 0.3) is 84.8 Å². The van der Waals surface area contributed by atoms with Crippen LogP contribution in [-0.4, -0.2) is 11.3 Å². The molecule has 294 valence electrons. The number of para-hydroxylation sites is 1. The molecule has 0 atom stereocenters. The third-order valence-electron chi connectivity index (χ3n) is 14.5. The number of hydrogen-bond donors (Lipinski definition) is 0. The van der Waals surface area contributed by atoms with Gasteiger partial charge in [0.05, 0.1) is 26.3 Å². The average molecular weight is 829 g/mol. The summed E-state index contributed by atoms with van der Waals surface area (Å²) >= 11 is 3.90. The monoisotopic (exact) mass is 828 g/mol. The first-order valence-corrected chi connectivity index (χ1v) is 23.5. The quantitative estimate of drug-likeness (QED) is 0.158. The second kappa shape index (κ2) is 11.9. The van der Waals surface area contributed by atoms with Crippen molar-refractivity contribution in [2.24, 2.45) is 0 Å². The van der Waals surface area contributed by atoms with Gasteiger partial charge in [-0.1, -0.05) is 156 Å². The van der Waals surface area contributed by atoms with Crippen LogP contribution in [0.3, 0.4) is 0 Å². The largest absolute Gasteiger partial charge is 0.374 e. The van der Waals surface area contributed by atoms with E-state index in [1.54, 1.807) is 0 Å². The van der Waals surface area contributed by atoms with Gasteiger partial charge in [0.1, 0.15) is 0 Å². The van der Waals surface area contributed by atoms with E-state index < -0.39 is 0 Å². The Morgan fingerprint density at radius 3 is 2.02 bits per heavy atom. The van der Waals surface area contributed by atoms with E-state index in [9.17, 15) is 0 Å². The Kier molecular flexibility index (Phi) is 6.79. The summed E-state index contributed by atoms with van der Waals surface area (Å²) in [4.78, 5) is 2.72. The summed E-state index contributed by atoms with van der Waals surface area (Å²) in [6.45, 7) is 11.8. The number of aromatic nitrogens is 1. The maximum atomic E-state index is 2.78. The summed E-state index contributed by atoms with van der Waals surface area (Å²) in [5.41, 5.74) is 21.0. The molecule has 5 heteroatoms. The molecule has 0 bridgehead atoms. The number of nitrogens with zero attached hydrogens (tertiary/aromatic N) is 2. The number of hydrogen-bond acceptors (Lipinski definition) is 3. The Morgan fingerprint density at radius 2 is 1.19 bits per heavy atom. The van der Waals surface area contributed by atoms with E-state index in [4.69, 9.17) is 0 Å². The maximum absolute atomic E-state index is 2.78. The van der Waals surface area contributed by atoms with E-state index in [0.717, 1.165) is 0 Å². The van der Waals surface area contributed by atoms with Crippen LogP contribution in [0.5, 0.6) is 0 Å². The summed E-state index contributed by atoms with van der Waals surface area (Å²) in [7, 11) is 0. The van der Waals surface area contributed by atoms with Crippen molar-refractivity contribution in [2.75, 3.05) is 4.90 Å². The van der Waals surface area contributed by atoms with Crippen LogP contribution in [0.1, 0.15) is 51.3 Å². The Balaban J connectivity index is 1.21. The lowest BCUT2D eigenvalue weighted by atomic mass is 9.44. The molecule has 3 aromatic heterocycles. The number of benzene rings is 8. The Hall–Kier alpha value is -6.40. The van der Waals surface area contributed by atoms with Crippen LogP contribution >= 0.6 is 22.7 Å². The Morgan fingerprint density at radius 1 is 0.500 bits per heavy atom. The van der Waals surface area contributed by atoms with Crippen molar-refractivity contribution in [3.05, 3.63) is 174 Å². The van der Waals surface area contributed by atoms with E-state index >= 15 is 0 Å². The van der Waals surface area contributed by atoms with Gasteiger partial charge >= 0.3 is 6.85 Å². The predicted octanol–water partition coefficient (Wildman–Crippen LogP) is 15.1. The van der Waals surface area contributed by atoms with Crippen molar-refractivity contribution in [1.29, 1.82) is 0 Å². The molecular weight excluding hydrogens is 788 g/mol. The Bertz CT molecular complexity index is 3780. The van der Waals surface area contributed by atoms with Crippen molar-refractivity contribution in [2.45, 2.75) is 45.4 Å². The van der Waals surface area contributed by atoms with Crippen LogP contribution in [0.4, 0.5) is 17.1 Å². The lowest BCUT2D eigenvalue weighted by molar-refractivity contribution is 0.590. The van der Waals surface area contributed by atoms with Gasteiger partial charge in [0.2, 0.25) is 0 Å². The maximum Gasteiger partial charge on any atom is 0.333 e. The van der Waals surface area contributed by atoms with Crippen molar-refractivity contribution >= 4 is 109 Å². The highest BCUT2D eigenvalue weighted by Crippen LogP contribution is 2.56. The zero-order chi connectivity index (χ0) is 41.4. The first-order chi connectivity index (χ1) is 30.2. The van der Waals surface area contributed by atoms with Gasteiger partial charge in [-0.15, -0.1) is 22.7 Å². The molecule has 11 aromatic rings. The van der Waals surface area contributed by atoms with E-state index in [1.807, 2.05) is 22.7 Å². The summed E-state index contributed by atoms with van der Waals surface area (Å²) in [6.07, 6.45) is 0. The third-order valence-corrected chi connectivity index (χ3v) is 16.9. The molecule has 62 heavy (non-hydrogen) atoms. The van der Waals surface area contributed by atoms with E-state index in [1.165, 1.54) is 129 Å². The van der Waals surface area contributed by atoms with Crippen LogP contribution in [0.2, 0.25) is 0 Å². The summed E-state index contributed by atoms with van der Waals surface area (Å²) in [5.74, 6) is 0. The molecule has 0 radical (unpaired) electrons. The smallest absolute Gasteiger partial charge is 0.333 e. The second-order valence-electron chi connectivity index (χ2n) is 19.2. The van der Waals surface area contributed by atoms with E-state index in [0.29, 0.717) is 0 Å². The molecule has 0 unspecified atom stereocenters. The molecule has 0 spiro atoms. The average Bonchev–Trinajstić information content (AvgIpc) is 4.01. The standard InChI is InChI=1S/C57H41BN2S2/c1-56(2,3)33-26-27-46(39(28-33)32-16-7-6-8-17-32)59-47-31-44-40(34-18-9-12-23-43(34)57(44,4)5)30-45(47)58-50-41(29-42-35-19-10-13-24-48(35)61-55(42)53(50)59)36-21-15-22-38-51(36)60(58)52-37-20-11-14-25-49(37)62-54(38)52/h6-31H,1-5H3. The van der Waals surface area contributed by atoms with Gasteiger partial charge in [-0.2, -0.15) is 0 Å². The molecule has 3 aliphatic rings. The van der Waals surface area contributed by atoms with Crippen LogP contribution in [0.15, 0.2) is 158 Å². The van der Waals surface area contributed by atoms with Gasteiger partial charge in [0.15, 0.2) is 0 Å². The van der Waals surface area contributed by atoms with Gasteiger partial charge in [0.25, 0.3) is 0 Å². The topological polar surface area (TPSA) is 8.17 Å². The summed E-state index contributed by atoms with van der Waals surface area (Å²) in [5, 5.41) is 5.34. The first-order valence-electron chi connectivity index (χ1n) is 21.9. The number of rotatable bonds is 2. The summed E-state index contributed by atoms with van der Waals surface area (Å²) in [6, 6.07) is 60.5. The minimum Gasteiger partial charge on any atom is -0.374 e. The highest BCUT2D eigenvalue weighted by molar-refractivity contribution is 7.27. The molecule has 1 aliphatic carbocycles. The minimum absolute atomic E-state index is 0.0214. The fourth-order valence-electron chi connectivity index (χ4n) is 11.6. The van der Waals surface area contributed by atoms with Crippen molar-refractivity contribution in [3.63, 3.8) is 0 Å². The molecule has 0 fully saturated rings. The number of thiophene rings is 2. The molecule has 0 N–H and O–H groups in total. The Labute approximate surface area is 369 Å². The normalized spacial score (nSPS) is 14.6. The number of fused-ring (bicyclic) bond motifs is 16. The van der Waals surface area contributed by atoms with Crippen LogP contribution in [0, 0.1) is 0 Å². The van der Waals surface area contributed by atoms with Gasteiger partial charge in [-0.05, 0) is 91.7 Å². The zero-order valence-electron chi connectivity index (χ0n) is 35.3. The molecule has 0 saturated heterocycles. The van der Waals surface area contributed by atoms with Crippen molar-refractivity contribution in [1.82, 2.24) is 4.48 Å². The summed E-state index contributed by atoms with van der Waals surface area (Å²) < 4.78 is 8.17. The van der Waals surface area contributed by atoms with E-state index in [2.05, 4.69) is 202 Å². The van der Waals surface area contributed by atoms with Crippen LogP contribution in [-0.2, 0) is 10.8 Å². The fourth-order valence-corrected chi connectivity index (χ4v) is 14.1.